The fraction of sp³-hybridized carbons (Fsp3) is 0.320. The first-order valence-electron chi connectivity index (χ1n) is 11.4. The maximum atomic E-state index is 13.2. The molecule has 0 aliphatic heterocycles. The molecule has 1 fully saturated rings. The quantitative estimate of drug-likeness (QED) is 0.411. The van der Waals surface area contributed by atoms with E-state index in [9.17, 15) is 22.8 Å². The van der Waals surface area contributed by atoms with Crippen LogP contribution in [0, 0.1) is 11.3 Å². The lowest BCUT2D eigenvalue weighted by Crippen LogP contribution is -2.22. The molecule has 1 amide bonds. The Bertz CT molecular complexity index is 1320. The number of carbonyl (C=O) groups excluding carboxylic acids is 2. The second-order valence-electron chi connectivity index (χ2n) is 8.57. The number of amides is 1. The van der Waals surface area contributed by atoms with Gasteiger partial charge in [-0.15, -0.1) is 5.10 Å². The number of hydrogen-bond donors (Lipinski definition) is 2. The van der Waals surface area contributed by atoms with E-state index in [4.69, 9.17) is 14.4 Å². The normalized spacial score (nSPS) is 17.5. The molecule has 2 aromatic carbocycles. The highest BCUT2D eigenvalue weighted by Gasteiger charge is 2.34. The Morgan fingerprint density at radius 2 is 1.73 bits per heavy atom. The number of nitriles is 1. The molecule has 3 aromatic rings. The Morgan fingerprint density at radius 3 is 2.35 bits per heavy atom. The Labute approximate surface area is 209 Å². The van der Waals surface area contributed by atoms with Crippen molar-refractivity contribution in [3.8, 4) is 6.07 Å². The van der Waals surface area contributed by atoms with E-state index in [1.165, 1.54) is 19.1 Å². The van der Waals surface area contributed by atoms with Crippen LogP contribution >= 0.6 is 0 Å². The molecule has 2 N–H and O–H groups in total. The van der Waals surface area contributed by atoms with Gasteiger partial charge in [0.1, 0.15) is 6.10 Å². The van der Waals surface area contributed by atoms with Crippen LogP contribution in [-0.2, 0) is 15.7 Å². The Balaban J connectivity index is 1.35. The molecule has 0 unspecified atom stereocenters. The van der Waals surface area contributed by atoms with Gasteiger partial charge >= 0.3 is 30.0 Å². The number of nitrogens with zero attached hydrogens (tertiary/aromatic N) is 3. The number of carbonyl (C=O) groups is 2. The molecule has 0 spiro atoms. The minimum atomic E-state index is -4.72. The highest BCUT2D eigenvalue weighted by molar-refractivity contribution is 6.00. The lowest BCUT2D eigenvalue weighted by atomic mass is 9.82. The lowest BCUT2D eigenvalue weighted by Gasteiger charge is -2.28. The van der Waals surface area contributed by atoms with Gasteiger partial charge < -0.3 is 19.8 Å². The van der Waals surface area contributed by atoms with Crippen molar-refractivity contribution >= 4 is 29.3 Å². The summed E-state index contributed by atoms with van der Waals surface area (Å²) in [5.74, 6) is -1.01. The fourth-order valence-electron chi connectivity index (χ4n) is 4.21. The Morgan fingerprint density at radius 1 is 1.05 bits per heavy atom. The second-order valence-corrected chi connectivity index (χ2v) is 8.57. The highest BCUT2D eigenvalue weighted by atomic mass is 19.4. The predicted molar refractivity (Wildman–Crippen MR) is 125 cm³/mol. The first-order chi connectivity index (χ1) is 17.6. The zero-order chi connectivity index (χ0) is 26.6. The molecular weight excluding hydrogens is 491 g/mol. The lowest BCUT2D eigenvalue weighted by molar-refractivity contribution is -0.147. The van der Waals surface area contributed by atoms with Crippen LogP contribution in [0.15, 0.2) is 46.9 Å². The SMILES string of the molecule is CC(=O)OC1CCC(c2ccc(NC(=O)c3nnc(Nc4ccc(C#N)c(C(F)(F)F)c4)o3)cc2)CC1. The van der Waals surface area contributed by atoms with Crippen LogP contribution in [0.3, 0.4) is 0 Å². The van der Waals surface area contributed by atoms with Crippen molar-refractivity contribution in [2.45, 2.75) is 50.8 Å². The highest BCUT2D eigenvalue weighted by Crippen LogP contribution is 2.35. The second kappa shape index (κ2) is 10.7. The van der Waals surface area contributed by atoms with E-state index in [2.05, 4.69) is 20.8 Å². The number of anilines is 3. The summed E-state index contributed by atoms with van der Waals surface area (Å²) in [5, 5.41) is 21.3. The number of benzene rings is 2. The van der Waals surface area contributed by atoms with Crippen molar-refractivity contribution in [2.24, 2.45) is 0 Å². The van der Waals surface area contributed by atoms with Crippen molar-refractivity contribution in [2.75, 3.05) is 10.6 Å². The molecule has 0 saturated heterocycles. The first kappa shape index (κ1) is 25.7. The van der Waals surface area contributed by atoms with Crippen molar-refractivity contribution in [3.63, 3.8) is 0 Å². The molecule has 0 bridgehead atoms. The van der Waals surface area contributed by atoms with E-state index >= 15 is 0 Å². The summed E-state index contributed by atoms with van der Waals surface area (Å²) in [6.45, 7) is 1.41. The minimum Gasteiger partial charge on any atom is -0.463 e. The molecule has 1 aliphatic rings. The number of nitrogens with one attached hydrogen (secondary N) is 2. The monoisotopic (exact) mass is 513 g/mol. The standard InChI is InChI=1S/C25H22F3N5O4/c1-14(34)36-20-10-5-16(6-11-20)15-2-7-18(8-3-15)30-22(35)23-32-33-24(37-23)31-19-9-4-17(13-29)21(12-19)25(26,27)28/h2-4,7-9,12,16,20H,5-6,10-11H2,1H3,(H,30,35)(H,31,33). The van der Waals surface area contributed by atoms with Crippen molar-refractivity contribution in [3.05, 3.63) is 65.0 Å². The first-order valence-corrected chi connectivity index (χ1v) is 11.4. The zero-order valence-electron chi connectivity index (χ0n) is 19.6. The van der Waals surface area contributed by atoms with Crippen LogP contribution in [0.2, 0.25) is 0 Å². The van der Waals surface area contributed by atoms with E-state index in [1.807, 2.05) is 12.1 Å². The molecule has 12 heteroatoms. The predicted octanol–water partition coefficient (Wildman–Crippen LogP) is 5.55. The van der Waals surface area contributed by atoms with Gasteiger partial charge in [0, 0.05) is 18.3 Å². The van der Waals surface area contributed by atoms with Gasteiger partial charge in [0.2, 0.25) is 0 Å². The van der Waals surface area contributed by atoms with E-state index in [0.29, 0.717) is 11.6 Å². The van der Waals surface area contributed by atoms with Crippen LogP contribution in [0.5, 0.6) is 0 Å². The maximum Gasteiger partial charge on any atom is 0.417 e. The van der Waals surface area contributed by atoms with Gasteiger partial charge in [-0.25, -0.2) is 0 Å². The smallest absolute Gasteiger partial charge is 0.417 e. The molecule has 1 aromatic heterocycles. The van der Waals surface area contributed by atoms with Gasteiger partial charge in [0.25, 0.3) is 0 Å². The van der Waals surface area contributed by atoms with E-state index < -0.39 is 23.2 Å². The summed E-state index contributed by atoms with van der Waals surface area (Å²) in [5.41, 5.74) is -0.0664. The third-order valence-corrected chi connectivity index (χ3v) is 5.96. The number of rotatable bonds is 6. The third kappa shape index (κ3) is 6.43. The number of hydrogen-bond acceptors (Lipinski definition) is 8. The number of halogens is 3. The van der Waals surface area contributed by atoms with E-state index in [0.717, 1.165) is 43.4 Å². The maximum absolute atomic E-state index is 13.2. The Kier molecular flexibility index (Phi) is 7.42. The largest absolute Gasteiger partial charge is 0.463 e. The average Bonchev–Trinajstić information content (AvgIpc) is 3.33. The van der Waals surface area contributed by atoms with E-state index in [1.54, 1.807) is 12.1 Å². The van der Waals surface area contributed by atoms with Crippen molar-refractivity contribution in [1.29, 1.82) is 5.26 Å². The van der Waals surface area contributed by atoms with Gasteiger partial charge in [-0.2, -0.15) is 18.4 Å². The minimum absolute atomic E-state index is 0.0373. The fourth-order valence-corrected chi connectivity index (χ4v) is 4.21. The van der Waals surface area contributed by atoms with Gasteiger partial charge in [-0.1, -0.05) is 17.2 Å². The number of alkyl halides is 3. The molecule has 37 heavy (non-hydrogen) atoms. The van der Waals surface area contributed by atoms with Gasteiger partial charge in [0.15, 0.2) is 0 Å². The topological polar surface area (TPSA) is 130 Å². The van der Waals surface area contributed by atoms with Gasteiger partial charge in [-0.05, 0) is 67.5 Å². The summed E-state index contributed by atoms with van der Waals surface area (Å²) in [6.07, 6.45) is -1.37. The molecule has 4 rings (SSSR count). The molecular formula is C25H22F3N5O4. The van der Waals surface area contributed by atoms with E-state index in [-0.39, 0.29) is 29.7 Å². The van der Waals surface area contributed by atoms with Gasteiger partial charge in [-0.3, -0.25) is 9.59 Å². The molecule has 0 atom stereocenters. The summed E-state index contributed by atoms with van der Waals surface area (Å²) in [7, 11) is 0. The summed E-state index contributed by atoms with van der Waals surface area (Å²) in [6, 6.07) is 11.5. The summed E-state index contributed by atoms with van der Waals surface area (Å²) in [4.78, 5) is 23.6. The van der Waals surface area contributed by atoms with Crippen LogP contribution in [0.25, 0.3) is 0 Å². The van der Waals surface area contributed by atoms with Crippen molar-refractivity contribution < 1.29 is 31.9 Å². The van der Waals surface area contributed by atoms with Crippen LogP contribution in [0.4, 0.5) is 30.6 Å². The van der Waals surface area contributed by atoms with Crippen LogP contribution < -0.4 is 10.6 Å². The average molecular weight is 513 g/mol. The van der Waals surface area contributed by atoms with Crippen molar-refractivity contribution in [1.82, 2.24) is 10.2 Å². The van der Waals surface area contributed by atoms with Gasteiger partial charge in [0.05, 0.1) is 17.2 Å². The third-order valence-electron chi connectivity index (χ3n) is 5.96. The van der Waals surface area contributed by atoms with Crippen LogP contribution in [-0.4, -0.2) is 28.2 Å². The van der Waals surface area contributed by atoms with Crippen LogP contribution in [0.1, 0.15) is 65.9 Å². The zero-order valence-corrected chi connectivity index (χ0v) is 19.6. The number of ether oxygens (including phenoxy) is 1. The molecule has 1 saturated carbocycles. The molecule has 192 valence electrons. The summed E-state index contributed by atoms with van der Waals surface area (Å²) >= 11 is 0. The molecule has 0 radical (unpaired) electrons. The molecule has 9 nitrogen and oxygen atoms in total. The number of esters is 1. The summed E-state index contributed by atoms with van der Waals surface area (Å²) < 4.78 is 50.0. The Hall–Kier alpha value is -4.40. The molecule has 1 heterocycles. The molecule has 1 aliphatic carbocycles. The number of aromatic nitrogens is 2.